The number of benzene rings is 1. The van der Waals surface area contributed by atoms with Gasteiger partial charge in [-0.1, -0.05) is 38.8 Å². The van der Waals surface area contributed by atoms with Crippen LogP contribution < -0.4 is 10.2 Å². The number of hydrogen-bond donors (Lipinski definition) is 1. The Hall–Kier alpha value is -1.84. The van der Waals surface area contributed by atoms with E-state index in [1.807, 2.05) is 32.0 Å². The van der Waals surface area contributed by atoms with Crippen molar-refractivity contribution < 1.29 is 9.59 Å². The van der Waals surface area contributed by atoms with Crippen molar-refractivity contribution in [1.29, 1.82) is 0 Å². The quantitative estimate of drug-likeness (QED) is 0.813. The van der Waals surface area contributed by atoms with Crippen molar-refractivity contribution in [2.24, 2.45) is 11.8 Å². The molecule has 1 aromatic carbocycles. The predicted molar refractivity (Wildman–Crippen MR) is 103 cm³/mol. The lowest BCUT2D eigenvalue weighted by molar-refractivity contribution is -0.126. The Morgan fingerprint density at radius 2 is 1.96 bits per heavy atom. The lowest BCUT2D eigenvalue weighted by atomic mass is 10.0. The van der Waals surface area contributed by atoms with E-state index < -0.39 is 0 Å². The van der Waals surface area contributed by atoms with Gasteiger partial charge in [-0.3, -0.25) is 9.59 Å². The summed E-state index contributed by atoms with van der Waals surface area (Å²) in [5.41, 5.74) is 3.13. The molecule has 1 fully saturated rings. The summed E-state index contributed by atoms with van der Waals surface area (Å²) in [6, 6.07) is 6.27. The smallest absolute Gasteiger partial charge is 0.227 e. The molecule has 25 heavy (non-hydrogen) atoms. The van der Waals surface area contributed by atoms with E-state index in [9.17, 15) is 9.59 Å². The van der Waals surface area contributed by atoms with Crippen LogP contribution in [-0.4, -0.2) is 24.4 Å². The second-order valence-electron chi connectivity index (χ2n) is 7.93. The maximum atomic E-state index is 12.5. The molecule has 0 spiro atoms. The Labute approximate surface area is 152 Å². The molecule has 4 heteroatoms. The number of aryl methyl sites for hydroxylation is 2. The molecule has 0 aromatic heterocycles. The van der Waals surface area contributed by atoms with E-state index in [0.717, 1.165) is 29.7 Å². The number of rotatable bonds is 7. The fraction of sp³-hybridized carbons (Fsp3) is 0.619. The van der Waals surface area contributed by atoms with Crippen molar-refractivity contribution >= 4 is 17.5 Å². The van der Waals surface area contributed by atoms with Crippen LogP contribution in [0.5, 0.6) is 0 Å². The maximum Gasteiger partial charge on any atom is 0.227 e. The molecule has 1 aliphatic heterocycles. The first-order valence-electron chi connectivity index (χ1n) is 9.46. The van der Waals surface area contributed by atoms with Gasteiger partial charge in [0.25, 0.3) is 0 Å². The maximum absolute atomic E-state index is 12.5. The Morgan fingerprint density at radius 1 is 1.24 bits per heavy atom. The van der Waals surface area contributed by atoms with E-state index in [1.54, 1.807) is 4.90 Å². The van der Waals surface area contributed by atoms with Gasteiger partial charge in [0.2, 0.25) is 11.8 Å². The molecule has 0 radical (unpaired) electrons. The SMILES string of the molecule is Cc1ccc(C)c(N2CC(C(=O)NC(C)CCCC(C)C)CC2=O)c1. The largest absolute Gasteiger partial charge is 0.353 e. The zero-order chi connectivity index (χ0) is 18.6. The van der Waals surface area contributed by atoms with Gasteiger partial charge in [0, 0.05) is 24.7 Å². The highest BCUT2D eigenvalue weighted by molar-refractivity contribution is 6.00. The number of carbonyl (C=O) groups is 2. The molecular weight excluding hydrogens is 312 g/mol. The minimum Gasteiger partial charge on any atom is -0.353 e. The molecule has 0 saturated carbocycles. The van der Waals surface area contributed by atoms with Crippen molar-refractivity contribution in [2.45, 2.75) is 66.3 Å². The zero-order valence-electron chi connectivity index (χ0n) is 16.3. The summed E-state index contributed by atoms with van der Waals surface area (Å²) < 4.78 is 0. The minimum absolute atomic E-state index is 0.0122. The summed E-state index contributed by atoms with van der Waals surface area (Å²) in [5.74, 6) is 0.501. The fourth-order valence-electron chi connectivity index (χ4n) is 3.39. The van der Waals surface area contributed by atoms with Crippen LogP contribution in [0.4, 0.5) is 5.69 Å². The van der Waals surface area contributed by atoms with Crippen LogP contribution in [0.3, 0.4) is 0 Å². The first-order chi connectivity index (χ1) is 11.8. The Morgan fingerprint density at radius 3 is 2.64 bits per heavy atom. The zero-order valence-corrected chi connectivity index (χ0v) is 16.3. The van der Waals surface area contributed by atoms with Crippen molar-refractivity contribution in [3.8, 4) is 0 Å². The standard InChI is InChI=1S/C21H32N2O2/c1-14(2)7-6-8-17(5)22-21(25)18-12-20(24)23(13-18)19-11-15(3)9-10-16(19)4/h9-11,14,17-18H,6-8,12-13H2,1-5H3,(H,22,25). The third kappa shape index (κ3) is 5.32. The van der Waals surface area contributed by atoms with Crippen LogP contribution >= 0.6 is 0 Å². The highest BCUT2D eigenvalue weighted by Gasteiger charge is 2.35. The van der Waals surface area contributed by atoms with Crippen molar-refractivity contribution in [1.82, 2.24) is 5.32 Å². The van der Waals surface area contributed by atoms with Crippen LogP contribution in [-0.2, 0) is 9.59 Å². The van der Waals surface area contributed by atoms with Gasteiger partial charge < -0.3 is 10.2 Å². The molecule has 1 aromatic rings. The summed E-state index contributed by atoms with van der Waals surface area (Å²) in [7, 11) is 0. The molecule has 2 amide bonds. The van der Waals surface area contributed by atoms with E-state index in [2.05, 4.69) is 26.1 Å². The van der Waals surface area contributed by atoms with E-state index in [4.69, 9.17) is 0 Å². The lowest BCUT2D eigenvalue weighted by Gasteiger charge is -2.20. The average molecular weight is 344 g/mol. The number of hydrogen-bond acceptors (Lipinski definition) is 2. The second-order valence-corrected chi connectivity index (χ2v) is 7.93. The van der Waals surface area contributed by atoms with Crippen molar-refractivity contribution in [3.05, 3.63) is 29.3 Å². The second kappa shape index (κ2) is 8.50. The molecule has 2 atom stereocenters. The lowest BCUT2D eigenvalue weighted by Crippen LogP contribution is -2.38. The number of carbonyl (C=O) groups excluding carboxylic acids is 2. The first kappa shape index (κ1) is 19.5. The average Bonchev–Trinajstić information content (AvgIpc) is 2.91. The van der Waals surface area contributed by atoms with Gasteiger partial charge in [0.05, 0.1) is 5.92 Å². The highest BCUT2D eigenvalue weighted by atomic mass is 16.2. The van der Waals surface area contributed by atoms with Gasteiger partial charge in [0.1, 0.15) is 0 Å². The number of amides is 2. The highest BCUT2D eigenvalue weighted by Crippen LogP contribution is 2.29. The molecule has 0 bridgehead atoms. The van der Waals surface area contributed by atoms with Crippen LogP contribution in [0, 0.1) is 25.7 Å². The third-order valence-electron chi connectivity index (χ3n) is 4.96. The number of anilines is 1. The van der Waals surface area contributed by atoms with Gasteiger partial charge in [-0.15, -0.1) is 0 Å². The topological polar surface area (TPSA) is 49.4 Å². The molecule has 1 N–H and O–H groups in total. The normalized spacial score (nSPS) is 18.7. The fourth-order valence-corrected chi connectivity index (χ4v) is 3.39. The Balaban J connectivity index is 1.93. The molecule has 2 rings (SSSR count). The third-order valence-corrected chi connectivity index (χ3v) is 4.96. The summed E-state index contributed by atoms with van der Waals surface area (Å²) >= 11 is 0. The Kier molecular flexibility index (Phi) is 6.63. The molecule has 0 aliphatic carbocycles. The summed E-state index contributed by atoms with van der Waals surface area (Å²) in [6.07, 6.45) is 3.60. The summed E-state index contributed by atoms with van der Waals surface area (Å²) in [4.78, 5) is 26.7. The first-order valence-corrected chi connectivity index (χ1v) is 9.46. The van der Waals surface area contributed by atoms with Crippen molar-refractivity contribution in [3.63, 3.8) is 0 Å². The van der Waals surface area contributed by atoms with E-state index in [-0.39, 0.29) is 23.8 Å². The molecule has 1 saturated heterocycles. The predicted octanol–water partition coefficient (Wildman–Crippen LogP) is 3.99. The van der Waals surface area contributed by atoms with Gasteiger partial charge >= 0.3 is 0 Å². The van der Waals surface area contributed by atoms with E-state index in [0.29, 0.717) is 18.9 Å². The molecule has 4 nitrogen and oxygen atoms in total. The van der Waals surface area contributed by atoms with E-state index >= 15 is 0 Å². The number of nitrogens with one attached hydrogen (secondary N) is 1. The summed E-state index contributed by atoms with van der Waals surface area (Å²) in [5, 5.41) is 3.10. The molecular formula is C21H32N2O2. The monoisotopic (exact) mass is 344 g/mol. The van der Waals surface area contributed by atoms with Gasteiger partial charge in [0.15, 0.2) is 0 Å². The Bertz CT molecular complexity index is 624. The molecule has 138 valence electrons. The molecule has 2 unspecified atom stereocenters. The van der Waals surface area contributed by atoms with Crippen LogP contribution in [0.1, 0.15) is 57.6 Å². The van der Waals surface area contributed by atoms with Crippen LogP contribution in [0.2, 0.25) is 0 Å². The summed E-state index contributed by atoms with van der Waals surface area (Å²) in [6.45, 7) is 11.0. The minimum atomic E-state index is -0.250. The van der Waals surface area contributed by atoms with Crippen LogP contribution in [0.15, 0.2) is 18.2 Å². The van der Waals surface area contributed by atoms with Crippen LogP contribution in [0.25, 0.3) is 0 Å². The molecule has 1 heterocycles. The van der Waals surface area contributed by atoms with Gasteiger partial charge in [-0.05, 0) is 50.3 Å². The van der Waals surface area contributed by atoms with Gasteiger partial charge in [-0.2, -0.15) is 0 Å². The number of nitrogens with zero attached hydrogens (tertiary/aromatic N) is 1. The molecule has 1 aliphatic rings. The van der Waals surface area contributed by atoms with E-state index in [1.165, 1.54) is 6.42 Å². The van der Waals surface area contributed by atoms with Crippen molar-refractivity contribution in [2.75, 3.05) is 11.4 Å². The van der Waals surface area contributed by atoms with Gasteiger partial charge in [-0.25, -0.2) is 0 Å².